The maximum atomic E-state index is 4.06. The fourth-order valence-corrected chi connectivity index (χ4v) is 0.0962. The summed E-state index contributed by atoms with van der Waals surface area (Å²) in [5, 5.41) is 3.07. The van der Waals surface area contributed by atoms with E-state index in [-0.39, 0.29) is 0 Å². The second-order valence-corrected chi connectivity index (χ2v) is 0.472. The summed E-state index contributed by atoms with van der Waals surface area (Å²) in [5.74, 6) is 0. The van der Waals surface area contributed by atoms with Gasteiger partial charge < -0.3 is 4.84 Å². The van der Waals surface area contributed by atoms with Crippen LogP contribution in [0.2, 0.25) is 0 Å². The average molecular weight is 73.0 g/mol. The van der Waals surface area contributed by atoms with E-state index in [1.165, 1.54) is 0 Å². The molecule has 1 aliphatic heterocycles. The van der Waals surface area contributed by atoms with Gasteiger partial charge in [-0.05, 0) is 5.16 Å². The molecule has 0 fully saturated rings. The van der Waals surface area contributed by atoms with Crippen molar-refractivity contribution in [1.29, 1.82) is 0 Å². The second kappa shape index (κ2) is 0.898. The minimum Gasteiger partial charge on any atom is -0.335 e. The van der Waals surface area contributed by atoms with Gasteiger partial charge >= 0.3 is 0 Å². The zero-order valence-corrected chi connectivity index (χ0v) is 2.29. The maximum Gasteiger partial charge on any atom is 0.246 e. The van der Waals surface area contributed by atoms with Gasteiger partial charge in [-0.2, -0.15) is 0 Å². The Morgan fingerprint density at radius 2 is 2.60 bits per heavy atom. The van der Waals surface area contributed by atoms with Gasteiger partial charge in [0, 0.05) is 0 Å². The Bertz CT molecular complexity index is 45.6. The molecule has 1 aliphatic rings. The van der Waals surface area contributed by atoms with Crippen molar-refractivity contribution in [3.8, 4) is 0 Å². The fourth-order valence-electron chi connectivity index (χ4n) is 0.0962. The smallest absolute Gasteiger partial charge is 0.246 e. The fraction of sp³-hybridized carbons (Fsp3) is 0. The second-order valence-electron chi connectivity index (χ2n) is 0.472. The first-order valence-electron chi connectivity index (χ1n) is 1.04. The topological polar surface area (TPSA) is 44.9 Å². The molecule has 0 bridgehead atoms. The van der Waals surface area contributed by atoms with Crippen LogP contribution in [0, 0.1) is 0 Å². The Labute approximate surface area is 28.3 Å². The van der Waals surface area contributed by atoms with Gasteiger partial charge in [-0.3, -0.25) is 0 Å². The standard InChI is InChI=1S/CHN2O2/c1-2-5-3-4-1/h1H. The van der Waals surface area contributed by atoms with Gasteiger partial charge in [-0.15, -0.1) is 0 Å². The first-order chi connectivity index (χ1) is 2.50. The van der Waals surface area contributed by atoms with Crippen LogP contribution in [0.1, 0.15) is 0 Å². The lowest BCUT2D eigenvalue weighted by atomic mass is 11.6. The van der Waals surface area contributed by atoms with Crippen LogP contribution in [-0.2, 0) is 9.78 Å². The molecule has 0 aromatic rings. The number of hydrogen-bond donors (Lipinski definition) is 0. The molecule has 1 radical (unpaired) electrons. The zero-order chi connectivity index (χ0) is 3.54. The first kappa shape index (κ1) is 2.47. The van der Waals surface area contributed by atoms with E-state index in [9.17, 15) is 0 Å². The van der Waals surface area contributed by atoms with Crippen LogP contribution >= 0.6 is 0 Å². The molecule has 4 heteroatoms. The molecule has 0 aromatic heterocycles. The van der Waals surface area contributed by atoms with E-state index >= 15 is 0 Å². The predicted octanol–water partition coefficient (Wildman–Crippen LogP) is -0.589. The molecular weight excluding hydrogens is 72.0 g/mol. The van der Waals surface area contributed by atoms with Crippen molar-refractivity contribution in [1.82, 2.24) is 5.64 Å². The maximum absolute atomic E-state index is 4.06. The lowest BCUT2D eigenvalue weighted by Gasteiger charge is -1.72. The molecule has 0 atom stereocenters. The van der Waals surface area contributed by atoms with Crippen molar-refractivity contribution in [3.05, 3.63) is 0 Å². The Balaban J connectivity index is 2.32. The van der Waals surface area contributed by atoms with Crippen LogP contribution < -0.4 is 5.64 Å². The molecule has 0 amide bonds. The molecule has 0 saturated carbocycles. The van der Waals surface area contributed by atoms with Gasteiger partial charge in [0.05, 0.1) is 0 Å². The van der Waals surface area contributed by atoms with E-state index in [4.69, 9.17) is 0 Å². The Hall–Kier alpha value is -0.770. The van der Waals surface area contributed by atoms with Crippen molar-refractivity contribution < 1.29 is 9.78 Å². The summed E-state index contributed by atoms with van der Waals surface area (Å²) in [4.78, 5) is 7.97. The molecule has 0 saturated heterocycles. The number of hydrogen-bond acceptors (Lipinski definition) is 3. The Morgan fingerprint density at radius 3 is 2.80 bits per heavy atom. The van der Waals surface area contributed by atoms with E-state index in [0.717, 1.165) is 6.40 Å². The van der Waals surface area contributed by atoms with Gasteiger partial charge in [0.1, 0.15) is 0 Å². The van der Waals surface area contributed by atoms with Crippen LogP contribution in [0.4, 0.5) is 0 Å². The molecule has 1 heterocycles. The molecule has 0 unspecified atom stereocenters. The molecular formula is CHN2O2. The number of nitrogens with zero attached hydrogens (tertiary/aromatic N) is 2. The molecule has 1 rings (SSSR count). The number of oxime groups is 1. The minimum absolute atomic E-state index is 1.10. The highest BCUT2D eigenvalue weighted by atomic mass is 17.0. The largest absolute Gasteiger partial charge is 0.335 e. The van der Waals surface area contributed by atoms with Crippen LogP contribution in [0.25, 0.3) is 0 Å². The molecule has 0 N–H and O–H groups in total. The Morgan fingerprint density at radius 1 is 1.60 bits per heavy atom. The average Bonchev–Trinajstić information content (AvgIpc) is 1.76. The third-order valence-corrected chi connectivity index (χ3v) is 0.214. The highest BCUT2D eigenvalue weighted by Crippen LogP contribution is 1.76. The van der Waals surface area contributed by atoms with Crippen LogP contribution in [0.3, 0.4) is 0 Å². The Kier molecular flexibility index (Phi) is 0.443. The first-order valence-corrected chi connectivity index (χ1v) is 1.04. The van der Waals surface area contributed by atoms with Gasteiger partial charge in [0.15, 0.2) is 0 Å². The van der Waals surface area contributed by atoms with Crippen LogP contribution in [-0.4, -0.2) is 6.40 Å². The lowest BCUT2D eigenvalue weighted by molar-refractivity contribution is -0.0822. The molecule has 5 heavy (non-hydrogen) atoms. The third kappa shape index (κ3) is 0.273. The van der Waals surface area contributed by atoms with Crippen LogP contribution in [0.5, 0.6) is 0 Å². The normalized spacial score (nSPS) is 17.6. The van der Waals surface area contributed by atoms with Gasteiger partial charge in [-0.25, -0.2) is 4.94 Å². The summed E-state index contributed by atoms with van der Waals surface area (Å²) >= 11 is 0. The third-order valence-electron chi connectivity index (χ3n) is 0.214. The molecule has 0 aliphatic carbocycles. The zero-order valence-electron chi connectivity index (χ0n) is 2.29. The highest BCUT2D eigenvalue weighted by molar-refractivity contribution is 5.45. The van der Waals surface area contributed by atoms with Crippen molar-refractivity contribution in [3.63, 3.8) is 0 Å². The SMILES string of the molecule is C1=NO[N]O1. The minimum atomic E-state index is 1.10. The summed E-state index contributed by atoms with van der Waals surface area (Å²) in [6, 6.07) is 0. The summed E-state index contributed by atoms with van der Waals surface area (Å²) in [5.41, 5.74) is 2.86. The van der Waals surface area contributed by atoms with Crippen LogP contribution in [0.15, 0.2) is 5.16 Å². The van der Waals surface area contributed by atoms with E-state index in [1.807, 2.05) is 0 Å². The molecule has 0 spiro atoms. The molecule has 0 aromatic carbocycles. The summed E-state index contributed by atoms with van der Waals surface area (Å²) in [6.07, 6.45) is 1.10. The van der Waals surface area contributed by atoms with Crippen molar-refractivity contribution >= 4 is 6.40 Å². The monoisotopic (exact) mass is 73.0 g/mol. The summed E-state index contributed by atoms with van der Waals surface area (Å²) in [6.45, 7) is 0. The van der Waals surface area contributed by atoms with Crippen molar-refractivity contribution in [2.45, 2.75) is 0 Å². The lowest BCUT2D eigenvalue weighted by Crippen LogP contribution is -1.89. The van der Waals surface area contributed by atoms with Crippen molar-refractivity contribution in [2.24, 2.45) is 5.16 Å². The van der Waals surface area contributed by atoms with Gasteiger partial charge in [0.25, 0.3) is 0 Å². The van der Waals surface area contributed by atoms with Crippen molar-refractivity contribution in [2.75, 3.05) is 0 Å². The van der Waals surface area contributed by atoms with E-state index < -0.39 is 0 Å². The molecule has 4 nitrogen and oxygen atoms in total. The quantitative estimate of drug-likeness (QED) is 0.384. The highest BCUT2D eigenvalue weighted by Gasteiger charge is 1.88. The van der Waals surface area contributed by atoms with E-state index in [2.05, 4.69) is 20.6 Å². The summed E-state index contributed by atoms with van der Waals surface area (Å²) in [7, 11) is 0. The molecule has 27 valence electrons. The summed E-state index contributed by atoms with van der Waals surface area (Å²) < 4.78 is 0. The van der Waals surface area contributed by atoms with Gasteiger partial charge in [-0.1, -0.05) is 0 Å². The van der Waals surface area contributed by atoms with Gasteiger partial charge in [0.2, 0.25) is 12.0 Å². The van der Waals surface area contributed by atoms with E-state index in [1.54, 1.807) is 0 Å². The predicted molar refractivity (Wildman–Crippen MR) is 12.8 cm³/mol. The van der Waals surface area contributed by atoms with E-state index in [0.29, 0.717) is 0 Å². The number of rotatable bonds is 0.